The van der Waals surface area contributed by atoms with E-state index in [0.29, 0.717) is 0 Å². The fourth-order valence-electron chi connectivity index (χ4n) is 2.79. The fraction of sp³-hybridized carbons (Fsp3) is 0.700. The number of aliphatic imine (C=N–C) groups is 1. The van der Waals surface area contributed by atoms with Crippen molar-refractivity contribution in [3.63, 3.8) is 0 Å². The highest BCUT2D eigenvalue weighted by atomic mass is 16.4. The van der Waals surface area contributed by atoms with Gasteiger partial charge >= 0.3 is 11.9 Å². The molecule has 0 heterocycles. The number of hydrogen-bond acceptors (Lipinski definition) is 8. The number of aliphatic carboxylic acids is 2. The second kappa shape index (κ2) is 15.4. The number of carbonyl (C=O) groups excluding carboxylic acids is 3. The van der Waals surface area contributed by atoms with Gasteiger partial charge in [0.15, 0.2) is 12.0 Å². The number of amides is 3. The van der Waals surface area contributed by atoms with Gasteiger partial charge in [0.25, 0.3) is 0 Å². The second-order valence-electron chi connectivity index (χ2n) is 8.34. The predicted octanol–water partition coefficient (Wildman–Crippen LogP) is -3.19. The minimum atomic E-state index is -1.69. The average Bonchev–Trinajstić information content (AvgIpc) is 2.74. The maximum atomic E-state index is 13.0. The van der Waals surface area contributed by atoms with E-state index in [2.05, 4.69) is 20.9 Å². The van der Waals surface area contributed by atoms with Crippen LogP contribution in [0.1, 0.15) is 46.5 Å². The third-order valence-electron chi connectivity index (χ3n) is 4.93. The Morgan fingerprint density at radius 1 is 0.857 bits per heavy atom. The topological polar surface area (TPSA) is 273 Å². The van der Waals surface area contributed by atoms with Gasteiger partial charge in [-0.15, -0.1) is 0 Å². The summed E-state index contributed by atoms with van der Waals surface area (Å²) >= 11 is 0. The van der Waals surface area contributed by atoms with Crippen molar-refractivity contribution < 1.29 is 39.3 Å². The maximum absolute atomic E-state index is 13.0. The molecule has 3 amide bonds. The van der Waals surface area contributed by atoms with Gasteiger partial charge in [-0.05, 0) is 32.1 Å². The summed E-state index contributed by atoms with van der Waals surface area (Å²) < 4.78 is 0. The molecule has 0 radical (unpaired) electrons. The zero-order chi connectivity index (χ0) is 27.3. The van der Waals surface area contributed by atoms with Crippen LogP contribution in [-0.2, 0) is 24.0 Å². The molecule has 0 aliphatic rings. The van der Waals surface area contributed by atoms with E-state index in [1.807, 2.05) is 0 Å². The SMILES string of the molecule is CC(C)C(N)C(=O)NC(CCCN=C(N)N)C(=O)NC(CCC(=O)O)C(=O)NC(C(=O)O)C(C)O. The Kier molecular flexibility index (Phi) is 13.9. The van der Waals surface area contributed by atoms with Crippen molar-refractivity contribution in [3.05, 3.63) is 0 Å². The first-order valence-electron chi connectivity index (χ1n) is 11.0. The first-order chi connectivity index (χ1) is 16.2. The molecule has 200 valence electrons. The average molecular weight is 504 g/mol. The Morgan fingerprint density at radius 3 is 1.83 bits per heavy atom. The van der Waals surface area contributed by atoms with Gasteiger partial charge < -0.3 is 48.5 Å². The van der Waals surface area contributed by atoms with Gasteiger partial charge in [0.1, 0.15) is 12.1 Å². The van der Waals surface area contributed by atoms with E-state index >= 15 is 0 Å². The van der Waals surface area contributed by atoms with E-state index in [1.165, 1.54) is 0 Å². The Bertz CT molecular complexity index is 783. The molecular weight excluding hydrogens is 466 g/mol. The predicted molar refractivity (Wildman–Crippen MR) is 125 cm³/mol. The number of hydrogen-bond donors (Lipinski definition) is 9. The van der Waals surface area contributed by atoms with Gasteiger partial charge in [-0.25, -0.2) is 4.79 Å². The molecule has 0 aliphatic carbocycles. The van der Waals surface area contributed by atoms with Gasteiger partial charge in [-0.1, -0.05) is 13.8 Å². The van der Waals surface area contributed by atoms with Crippen LogP contribution in [0.5, 0.6) is 0 Å². The van der Waals surface area contributed by atoms with E-state index < -0.39 is 66.4 Å². The highest BCUT2D eigenvalue weighted by Crippen LogP contribution is 2.06. The maximum Gasteiger partial charge on any atom is 0.328 e. The summed E-state index contributed by atoms with van der Waals surface area (Å²) in [5.41, 5.74) is 16.4. The third-order valence-corrected chi connectivity index (χ3v) is 4.93. The number of carbonyl (C=O) groups is 5. The number of nitrogens with zero attached hydrogens (tertiary/aromatic N) is 1. The molecule has 0 bridgehead atoms. The quantitative estimate of drug-likeness (QED) is 0.0574. The molecule has 15 nitrogen and oxygen atoms in total. The number of carboxylic acid groups (broad SMARTS) is 2. The van der Waals surface area contributed by atoms with Gasteiger partial charge in [0.2, 0.25) is 17.7 Å². The van der Waals surface area contributed by atoms with Gasteiger partial charge in [-0.3, -0.25) is 24.2 Å². The summed E-state index contributed by atoms with van der Waals surface area (Å²) in [7, 11) is 0. The third kappa shape index (κ3) is 12.5. The summed E-state index contributed by atoms with van der Waals surface area (Å²) in [5.74, 6) is -5.63. The van der Waals surface area contributed by atoms with Crippen LogP contribution in [0.25, 0.3) is 0 Å². The van der Waals surface area contributed by atoms with Crippen LogP contribution in [0.2, 0.25) is 0 Å². The van der Waals surface area contributed by atoms with E-state index in [9.17, 15) is 34.2 Å². The summed E-state index contributed by atoms with van der Waals surface area (Å²) in [6.45, 7) is 4.72. The molecule has 15 heteroatoms. The van der Waals surface area contributed by atoms with E-state index in [4.69, 9.17) is 22.3 Å². The largest absolute Gasteiger partial charge is 0.481 e. The van der Waals surface area contributed by atoms with Gasteiger partial charge in [-0.2, -0.15) is 0 Å². The first kappa shape index (κ1) is 31.5. The number of carboxylic acids is 2. The molecule has 0 rings (SSSR count). The number of rotatable bonds is 16. The number of aliphatic hydroxyl groups is 1. The van der Waals surface area contributed by atoms with Crippen molar-refractivity contribution in [1.29, 1.82) is 0 Å². The van der Waals surface area contributed by atoms with Crippen LogP contribution in [0.3, 0.4) is 0 Å². The van der Waals surface area contributed by atoms with Crippen LogP contribution >= 0.6 is 0 Å². The Hall–Kier alpha value is -3.46. The minimum Gasteiger partial charge on any atom is -0.481 e. The Balaban J connectivity index is 5.67. The standard InChI is InChI=1S/C20H37N7O8/c1-9(2)14(21)18(33)26-11(5-4-8-24-20(22)23)16(31)25-12(6-7-13(29)30)17(32)27-15(10(3)28)19(34)35/h9-12,14-15,28H,4-8,21H2,1-3H3,(H,25,31)(H,26,33)(H,27,32)(H,29,30)(H,34,35)(H4,22,23,24). The van der Waals surface area contributed by atoms with Crippen molar-refractivity contribution in [2.75, 3.05) is 6.54 Å². The molecule has 0 aliphatic heterocycles. The van der Waals surface area contributed by atoms with Crippen molar-refractivity contribution in [2.24, 2.45) is 28.1 Å². The fourth-order valence-corrected chi connectivity index (χ4v) is 2.79. The van der Waals surface area contributed by atoms with Crippen LogP contribution < -0.4 is 33.2 Å². The van der Waals surface area contributed by atoms with Crippen LogP contribution in [-0.4, -0.2) is 87.8 Å². The molecule has 5 unspecified atom stereocenters. The number of guanidine groups is 1. The minimum absolute atomic E-state index is 0.0534. The molecule has 0 saturated heterocycles. The molecule has 5 atom stereocenters. The monoisotopic (exact) mass is 503 g/mol. The zero-order valence-electron chi connectivity index (χ0n) is 20.1. The molecule has 0 saturated carbocycles. The van der Waals surface area contributed by atoms with Crippen molar-refractivity contribution in [3.8, 4) is 0 Å². The lowest BCUT2D eigenvalue weighted by molar-refractivity contribution is -0.145. The van der Waals surface area contributed by atoms with Crippen molar-refractivity contribution in [2.45, 2.75) is 76.7 Å². The van der Waals surface area contributed by atoms with E-state index in [0.717, 1.165) is 6.92 Å². The molecule has 0 aromatic rings. The smallest absolute Gasteiger partial charge is 0.328 e. The van der Waals surface area contributed by atoms with Crippen molar-refractivity contribution >= 4 is 35.6 Å². The Morgan fingerprint density at radius 2 is 1.37 bits per heavy atom. The number of aliphatic hydroxyl groups excluding tert-OH is 1. The summed E-state index contributed by atoms with van der Waals surface area (Å²) in [6, 6.07) is -5.24. The second-order valence-corrected chi connectivity index (χ2v) is 8.34. The molecule has 0 spiro atoms. The lowest BCUT2D eigenvalue weighted by Gasteiger charge is -2.26. The molecular formula is C20H37N7O8. The summed E-state index contributed by atoms with van der Waals surface area (Å²) in [6.07, 6.45) is -2.04. The molecule has 0 aromatic heterocycles. The molecule has 12 N–H and O–H groups in total. The summed E-state index contributed by atoms with van der Waals surface area (Å²) in [5, 5.41) is 34.7. The zero-order valence-corrected chi connectivity index (χ0v) is 20.1. The lowest BCUT2D eigenvalue weighted by Crippen LogP contribution is -2.58. The van der Waals surface area contributed by atoms with Crippen LogP contribution in [0.15, 0.2) is 4.99 Å². The number of nitrogens with one attached hydrogen (secondary N) is 3. The normalized spacial score (nSPS) is 15.1. The highest BCUT2D eigenvalue weighted by Gasteiger charge is 2.32. The van der Waals surface area contributed by atoms with Gasteiger partial charge in [0, 0.05) is 13.0 Å². The lowest BCUT2D eigenvalue weighted by atomic mass is 10.0. The molecule has 35 heavy (non-hydrogen) atoms. The highest BCUT2D eigenvalue weighted by molar-refractivity contribution is 5.94. The first-order valence-corrected chi connectivity index (χ1v) is 11.0. The van der Waals surface area contributed by atoms with Crippen LogP contribution in [0, 0.1) is 5.92 Å². The van der Waals surface area contributed by atoms with Gasteiger partial charge in [0.05, 0.1) is 12.1 Å². The van der Waals surface area contributed by atoms with E-state index in [1.54, 1.807) is 13.8 Å². The number of nitrogens with two attached hydrogens (primary N) is 3. The summed E-state index contributed by atoms with van der Waals surface area (Å²) in [4.78, 5) is 64.1. The molecule has 0 aromatic carbocycles. The Labute approximate surface area is 202 Å². The van der Waals surface area contributed by atoms with Crippen molar-refractivity contribution in [1.82, 2.24) is 16.0 Å². The van der Waals surface area contributed by atoms with Crippen LogP contribution in [0.4, 0.5) is 0 Å². The van der Waals surface area contributed by atoms with E-state index in [-0.39, 0.29) is 37.7 Å². The molecule has 0 fully saturated rings.